The minimum atomic E-state index is -0.346. The molecule has 2 amide bonds. The lowest BCUT2D eigenvalue weighted by Gasteiger charge is -2.09. The second kappa shape index (κ2) is 7.93. The smallest absolute Gasteiger partial charge is 0.261 e. The fourth-order valence-corrected chi connectivity index (χ4v) is 2.00. The van der Waals surface area contributed by atoms with E-state index in [4.69, 9.17) is 4.74 Å². The van der Waals surface area contributed by atoms with Crippen molar-refractivity contribution in [1.82, 2.24) is 10.3 Å². The maximum absolute atomic E-state index is 12.3. The predicted octanol–water partition coefficient (Wildman–Crippen LogP) is 2.48. The summed E-state index contributed by atoms with van der Waals surface area (Å²) in [6.07, 6.45) is 2.41. The molecule has 2 rings (SSSR count). The number of hydrogen-bond donors (Lipinski definition) is 2. The molecule has 0 saturated carbocycles. The standard InChI is InChI=1S/C17H19N3O3/c1-3-9-18-15(21)12-6-4-7-13(11-12)20-16(22)14-8-5-10-19-17(14)23-2/h4-8,10-11H,3,9H2,1-2H3,(H,18,21)(H,20,22). The van der Waals surface area contributed by atoms with Crippen molar-refractivity contribution < 1.29 is 14.3 Å². The topological polar surface area (TPSA) is 80.3 Å². The molecule has 1 heterocycles. The van der Waals surface area contributed by atoms with Gasteiger partial charge in [-0.3, -0.25) is 9.59 Å². The summed E-state index contributed by atoms with van der Waals surface area (Å²) < 4.78 is 5.07. The Morgan fingerprint density at radius 3 is 2.74 bits per heavy atom. The number of pyridine rings is 1. The van der Waals surface area contributed by atoms with Crippen molar-refractivity contribution in [2.45, 2.75) is 13.3 Å². The van der Waals surface area contributed by atoms with Crippen molar-refractivity contribution in [3.05, 3.63) is 53.7 Å². The number of benzene rings is 1. The van der Waals surface area contributed by atoms with Crippen LogP contribution < -0.4 is 15.4 Å². The Labute approximate surface area is 134 Å². The summed E-state index contributed by atoms with van der Waals surface area (Å²) in [5.74, 6) is -0.259. The van der Waals surface area contributed by atoms with Crippen LogP contribution >= 0.6 is 0 Å². The van der Waals surface area contributed by atoms with Crippen molar-refractivity contribution in [3.63, 3.8) is 0 Å². The number of nitrogens with zero attached hydrogens (tertiary/aromatic N) is 1. The quantitative estimate of drug-likeness (QED) is 0.858. The van der Waals surface area contributed by atoms with Crippen molar-refractivity contribution in [1.29, 1.82) is 0 Å². The van der Waals surface area contributed by atoms with Gasteiger partial charge >= 0.3 is 0 Å². The lowest BCUT2D eigenvalue weighted by Crippen LogP contribution is -2.24. The van der Waals surface area contributed by atoms with Crippen LogP contribution in [0.15, 0.2) is 42.6 Å². The third kappa shape index (κ3) is 4.29. The summed E-state index contributed by atoms with van der Waals surface area (Å²) >= 11 is 0. The highest BCUT2D eigenvalue weighted by atomic mass is 16.5. The highest BCUT2D eigenvalue weighted by Gasteiger charge is 2.13. The zero-order valence-electron chi connectivity index (χ0n) is 13.1. The van der Waals surface area contributed by atoms with Gasteiger partial charge in [0.25, 0.3) is 11.8 Å². The lowest BCUT2D eigenvalue weighted by atomic mass is 10.1. The van der Waals surface area contributed by atoms with Crippen LogP contribution in [0.3, 0.4) is 0 Å². The summed E-state index contributed by atoms with van der Waals surface area (Å²) in [6.45, 7) is 2.60. The number of carbonyl (C=O) groups excluding carboxylic acids is 2. The van der Waals surface area contributed by atoms with E-state index in [1.165, 1.54) is 7.11 Å². The lowest BCUT2D eigenvalue weighted by molar-refractivity contribution is 0.0952. The molecule has 120 valence electrons. The van der Waals surface area contributed by atoms with E-state index in [1.807, 2.05) is 6.92 Å². The van der Waals surface area contributed by atoms with Gasteiger partial charge in [0, 0.05) is 24.0 Å². The summed E-state index contributed by atoms with van der Waals surface area (Å²) in [5.41, 5.74) is 1.36. The molecule has 0 aliphatic heterocycles. The molecule has 0 fully saturated rings. The summed E-state index contributed by atoms with van der Waals surface area (Å²) in [7, 11) is 1.46. The first kappa shape index (κ1) is 16.5. The van der Waals surface area contributed by atoms with Crippen molar-refractivity contribution >= 4 is 17.5 Å². The van der Waals surface area contributed by atoms with Crippen molar-refractivity contribution in [3.8, 4) is 5.88 Å². The van der Waals surface area contributed by atoms with Gasteiger partial charge in [-0.05, 0) is 36.8 Å². The predicted molar refractivity (Wildman–Crippen MR) is 87.8 cm³/mol. The number of anilines is 1. The minimum absolute atomic E-state index is 0.165. The number of ether oxygens (including phenoxy) is 1. The maximum atomic E-state index is 12.3. The second-order valence-electron chi connectivity index (χ2n) is 4.85. The normalized spacial score (nSPS) is 10.0. The zero-order valence-corrected chi connectivity index (χ0v) is 13.1. The maximum Gasteiger partial charge on any atom is 0.261 e. The van der Waals surface area contributed by atoms with Crippen LogP contribution in [-0.4, -0.2) is 30.5 Å². The Hall–Kier alpha value is -2.89. The summed E-state index contributed by atoms with van der Waals surface area (Å²) in [4.78, 5) is 28.3. The van der Waals surface area contributed by atoms with Gasteiger partial charge in [0.05, 0.1) is 7.11 Å². The van der Waals surface area contributed by atoms with E-state index in [0.29, 0.717) is 23.4 Å². The molecule has 0 saturated heterocycles. The molecule has 0 aliphatic rings. The summed E-state index contributed by atoms with van der Waals surface area (Å²) in [5, 5.41) is 5.54. The number of aromatic nitrogens is 1. The van der Waals surface area contributed by atoms with Crippen molar-refractivity contribution in [2.24, 2.45) is 0 Å². The first-order valence-corrected chi connectivity index (χ1v) is 7.34. The Bertz CT molecular complexity index is 701. The van der Waals surface area contributed by atoms with Gasteiger partial charge in [0.15, 0.2) is 0 Å². The fraction of sp³-hybridized carbons (Fsp3) is 0.235. The number of amides is 2. The van der Waals surface area contributed by atoms with Crippen LogP contribution in [0.5, 0.6) is 5.88 Å². The van der Waals surface area contributed by atoms with Gasteiger partial charge in [-0.15, -0.1) is 0 Å². The molecule has 2 N–H and O–H groups in total. The molecule has 1 aromatic heterocycles. The van der Waals surface area contributed by atoms with Crippen LogP contribution in [0.4, 0.5) is 5.69 Å². The highest BCUT2D eigenvalue weighted by molar-refractivity contribution is 6.06. The van der Waals surface area contributed by atoms with E-state index in [1.54, 1.807) is 42.6 Å². The molecule has 0 radical (unpaired) electrons. The minimum Gasteiger partial charge on any atom is -0.480 e. The van der Waals surface area contributed by atoms with Crippen LogP contribution in [0.1, 0.15) is 34.1 Å². The molecule has 1 aromatic carbocycles. The highest BCUT2D eigenvalue weighted by Crippen LogP contribution is 2.17. The molecule has 0 bridgehead atoms. The van der Waals surface area contributed by atoms with Gasteiger partial charge in [0.1, 0.15) is 5.56 Å². The van der Waals surface area contributed by atoms with Gasteiger partial charge in [0.2, 0.25) is 5.88 Å². The van der Waals surface area contributed by atoms with E-state index in [-0.39, 0.29) is 17.7 Å². The average molecular weight is 313 g/mol. The molecule has 6 heteroatoms. The van der Waals surface area contributed by atoms with Crippen LogP contribution in [0, 0.1) is 0 Å². The largest absolute Gasteiger partial charge is 0.480 e. The monoisotopic (exact) mass is 313 g/mol. The Morgan fingerprint density at radius 2 is 2.00 bits per heavy atom. The third-order valence-electron chi connectivity index (χ3n) is 3.13. The molecule has 0 spiro atoms. The molecule has 0 atom stereocenters. The molecule has 23 heavy (non-hydrogen) atoms. The van der Waals surface area contributed by atoms with Gasteiger partial charge in [-0.25, -0.2) is 4.98 Å². The summed E-state index contributed by atoms with van der Waals surface area (Å²) in [6, 6.07) is 10.1. The molecule has 6 nitrogen and oxygen atoms in total. The van der Waals surface area contributed by atoms with Crippen LogP contribution in [0.2, 0.25) is 0 Å². The van der Waals surface area contributed by atoms with E-state index >= 15 is 0 Å². The zero-order chi connectivity index (χ0) is 16.7. The Kier molecular flexibility index (Phi) is 5.68. The van der Waals surface area contributed by atoms with Gasteiger partial charge in [-0.1, -0.05) is 13.0 Å². The number of hydrogen-bond acceptors (Lipinski definition) is 4. The average Bonchev–Trinajstić information content (AvgIpc) is 2.59. The van der Waals surface area contributed by atoms with E-state index in [2.05, 4.69) is 15.6 Å². The van der Waals surface area contributed by atoms with Crippen molar-refractivity contribution in [2.75, 3.05) is 19.0 Å². The second-order valence-corrected chi connectivity index (χ2v) is 4.85. The van der Waals surface area contributed by atoms with Gasteiger partial charge in [-0.2, -0.15) is 0 Å². The van der Waals surface area contributed by atoms with E-state index in [0.717, 1.165) is 6.42 Å². The van der Waals surface area contributed by atoms with E-state index in [9.17, 15) is 9.59 Å². The Balaban J connectivity index is 2.14. The third-order valence-corrected chi connectivity index (χ3v) is 3.13. The number of carbonyl (C=O) groups is 2. The van der Waals surface area contributed by atoms with E-state index < -0.39 is 0 Å². The Morgan fingerprint density at radius 1 is 1.17 bits per heavy atom. The first-order valence-electron chi connectivity index (χ1n) is 7.34. The number of methoxy groups -OCH3 is 1. The van der Waals surface area contributed by atoms with Crippen LogP contribution in [0.25, 0.3) is 0 Å². The van der Waals surface area contributed by atoms with Crippen LogP contribution in [-0.2, 0) is 0 Å². The first-order chi connectivity index (χ1) is 11.2. The molecule has 0 unspecified atom stereocenters. The molecule has 0 aliphatic carbocycles. The number of rotatable bonds is 6. The number of nitrogens with one attached hydrogen (secondary N) is 2. The molecular weight excluding hydrogens is 294 g/mol. The molecular formula is C17H19N3O3. The van der Waals surface area contributed by atoms with Gasteiger partial charge < -0.3 is 15.4 Å². The fourth-order valence-electron chi connectivity index (χ4n) is 2.00. The SMILES string of the molecule is CCCNC(=O)c1cccc(NC(=O)c2cccnc2OC)c1. The molecule has 2 aromatic rings.